The highest BCUT2D eigenvalue weighted by Gasteiger charge is 2.15. The summed E-state index contributed by atoms with van der Waals surface area (Å²) in [6.07, 6.45) is 1.88. The maximum absolute atomic E-state index is 11.2. The molecule has 1 heterocycles. The highest BCUT2D eigenvalue weighted by Crippen LogP contribution is 2.04. The number of rotatable bonds is 3. The number of H-pyrrole nitrogens is 1. The number of nitrogens with one attached hydrogen (secondary N) is 1. The fraction of sp³-hybridized carbons (Fsp3) is 0.600. The molecule has 0 saturated heterocycles. The standard InChI is InChI=1S/C5H9N3O2S/c1-2-3-11(9,10)5-4-6-8-7-5/h4H,2-3H2,1H3,(H,6,7,8). The summed E-state index contributed by atoms with van der Waals surface area (Å²) >= 11 is 0. The fourth-order valence-electron chi connectivity index (χ4n) is 0.716. The lowest BCUT2D eigenvalue weighted by atomic mass is 10.6. The Kier molecular flexibility index (Phi) is 2.23. The van der Waals surface area contributed by atoms with Crippen molar-refractivity contribution in [3.8, 4) is 0 Å². The molecule has 0 atom stereocenters. The molecule has 0 saturated carbocycles. The van der Waals surface area contributed by atoms with E-state index in [9.17, 15) is 8.42 Å². The molecule has 0 fully saturated rings. The predicted octanol–water partition coefficient (Wildman–Crippen LogP) is -0.0116. The molecule has 0 aliphatic carbocycles. The Morgan fingerprint density at radius 1 is 1.64 bits per heavy atom. The van der Waals surface area contributed by atoms with E-state index in [1.165, 1.54) is 6.20 Å². The Morgan fingerprint density at radius 3 is 2.82 bits per heavy atom. The van der Waals surface area contributed by atoms with Crippen LogP contribution in [-0.4, -0.2) is 29.6 Å². The number of hydrogen-bond acceptors (Lipinski definition) is 4. The van der Waals surface area contributed by atoms with Crippen molar-refractivity contribution in [3.05, 3.63) is 6.20 Å². The van der Waals surface area contributed by atoms with Crippen molar-refractivity contribution in [2.24, 2.45) is 0 Å². The van der Waals surface area contributed by atoms with Crippen LogP contribution in [0.25, 0.3) is 0 Å². The zero-order valence-corrected chi connectivity index (χ0v) is 6.93. The monoisotopic (exact) mass is 175 g/mol. The van der Waals surface area contributed by atoms with E-state index in [-0.39, 0.29) is 10.8 Å². The van der Waals surface area contributed by atoms with Crippen LogP contribution in [0.15, 0.2) is 11.2 Å². The van der Waals surface area contributed by atoms with Crippen LogP contribution in [0.2, 0.25) is 0 Å². The van der Waals surface area contributed by atoms with E-state index in [1.54, 1.807) is 6.92 Å². The van der Waals surface area contributed by atoms with Crippen LogP contribution < -0.4 is 0 Å². The van der Waals surface area contributed by atoms with Gasteiger partial charge in [-0.2, -0.15) is 0 Å². The van der Waals surface area contributed by atoms with Crippen molar-refractivity contribution in [1.82, 2.24) is 15.4 Å². The van der Waals surface area contributed by atoms with Crippen molar-refractivity contribution in [2.45, 2.75) is 18.4 Å². The molecule has 0 aliphatic heterocycles. The molecule has 0 spiro atoms. The second-order valence-corrected chi connectivity index (χ2v) is 4.19. The quantitative estimate of drug-likeness (QED) is 0.701. The molecule has 11 heavy (non-hydrogen) atoms. The van der Waals surface area contributed by atoms with Gasteiger partial charge < -0.3 is 0 Å². The van der Waals surface area contributed by atoms with Crippen molar-refractivity contribution in [2.75, 3.05) is 5.75 Å². The molecule has 1 aromatic rings. The molecule has 0 aromatic carbocycles. The van der Waals surface area contributed by atoms with Crippen molar-refractivity contribution < 1.29 is 8.42 Å². The Hall–Kier alpha value is -0.910. The van der Waals surface area contributed by atoms with Crippen LogP contribution in [0, 0.1) is 0 Å². The largest absolute Gasteiger partial charge is 0.264 e. The molecule has 6 heteroatoms. The second kappa shape index (κ2) is 3.00. The SMILES string of the molecule is CCCS(=O)(=O)c1c[nH]nn1. The van der Waals surface area contributed by atoms with Gasteiger partial charge in [0.25, 0.3) is 0 Å². The molecular weight excluding hydrogens is 166 g/mol. The summed E-state index contributed by atoms with van der Waals surface area (Å²) in [6.45, 7) is 1.80. The van der Waals surface area contributed by atoms with Crippen molar-refractivity contribution >= 4 is 9.84 Å². The minimum absolute atomic E-state index is 0.0272. The number of hydrogen-bond donors (Lipinski definition) is 1. The van der Waals surface area contributed by atoms with Gasteiger partial charge in [-0.15, -0.1) is 5.10 Å². The van der Waals surface area contributed by atoms with E-state index < -0.39 is 9.84 Å². The molecule has 5 nitrogen and oxygen atoms in total. The van der Waals surface area contributed by atoms with Gasteiger partial charge in [0.1, 0.15) is 0 Å². The Balaban J connectivity index is 2.92. The smallest absolute Gasteiger partial charge is 0.199 e. The first kappa shape index (κ1) is 8.19. The molecule has 0 amide bonds. The summed E-state index contributed by atoms with van der Waals surface area (Å²) in [5.41, 5.74) is 0. The normalized spacial score (nSPS) is 11.7. The third-order valence-corrected chi connectivity index (χ3v) is 2.97. The average molecular weight is 175 g/mol. The summed E-state index contributed by atoms with van der Waals surface area (Å²) in [5, 5.41) is 9.11. The summed E-state index contributed by atoms with van der Waals surface area (Å²) in [4.78, 5) is 0. The van der Waals surface area contributed by atoms with Gasteiger partial charge in [-0.25, -0.2) is 8.42 Å². The summed E-state index contributed by atoms with van der Waals surface area (Å²) < 4.78 is 22.3. The van der Waals surface area contributed by atoms with E-state index in [0.29, 0.717) is 6.42 Å². The summed E-state index contributed by atoms with van der Waals surface area (Å²) in [5.74, 6) is 0.125. The van der Waals surface area contributed by atoms with E-state index in [1.807, 2.05) is 0 Å². The first-order valence-corrected chi connectivity index (χ1v) is 4.91. The van der Waals surface area contributed by atoms with Crippen LogP contribution in [0.4, 0.5) is 0 Å². The number of nitrogens with zero attached hydrogens (tertiary/aromatic N) is 2. The Bertz CT molecular complexity index is 302. The van der Waals surface area contributed by atoms with Gasteiger partial charge in [-0.05, 0) is 6.42 Å². The van der Waals surface area contributed by atoms with Crippen LogP contribution in [0.5, 0.6) is 0 Å². The van der Waals surface area contributed by atoms with Gasteiger partial charge in [0, 0.05) is 0 Å². The lowest BCUT2D eigenvalue weighted by molar-refractivity contribution is 0.590. The fourth-order valence-corrected chi connectivity index (χ4v) is 1.86. The van der Waals surface area contributed by atoms with E-state index in [2.05, 4.69) is 15.4 Å². The molecule has 0 radical (unpaired) electrons. The highest BCUT2D eigenvalue weighted by molar-refractivity contribution is 7.91. The minimum atomic E-state index is -3.17. The van der Waals surface area contributed by atoms with Crippen LogP contribution in [0.1, 0.15) is 13.3 Å². The zero-order valence-electron chi connectivity index (χ0n) is 6.11. The van der Waals surface area contributed by atoms with Crippen LogP contribution >= 0.6 is 0 Å². The van der Waals surface area contributed by atoms with Crippen LogP contribution in [-0.2, 0) is 9.84 Å². The van der Waals surface area contributed by atoms with Gasteiger partial charge >= 0.3 is 0 Å². The molecular formula is C5H9N3O2S. The van der Waals surface area contributed by atoms with Gasteiger partial charge in [-0.3, -0.25) is 5.10 Å². The Labute approximate surface area is 64.7 Å². The minimum Gasteiger partial charge on any atom is -0.264 e. The number of sulfone groups is 1. The van der Waals surface area contributed by atoms with Crippen LogP contribution in [0.3, 0.4) is 0 Å². The molecule has 1 rings (SSSR count). The highest BCUT2D eigenvalue weighted by atomic mass is 32.2. The van der Waals surface area contributed by atoms with E-state index in [0.717, 1.165) is 0 Å². The van der Waals surface area contributed by atoms with Gasteiger partial charge in [-0.1, -0.05) is 12.1 Å². The topological polar surface area (TPSA) is 75.7 Å². The van der Waals surface area contributed by atoms with E-state index >= 15 is 0 Å². The second-order valence-electron chi connectivity index (χ2n) is 2.13. The predicted molar refractivity (Wildman–Crippen MR) is 38.7 cm³/mol. The molecule has 0 aliphatic rings. The van der Waals surface area contributed by atoms with Crippen molar-refractivity contribution in [1.29, 1.82) is 0 Å². The van der Waals surface area contributed by atoms with E-state index in [4.69, 9.17) is 0 Å². The zero-order chi connectivity index (χ0) is 8.32. The molecule has 0 unspecified atom stereocenters. The number of aromatic nitrogens is 3. The lowest BCUT2D eigenvalue weighted by Gasteiger charge is -1.93. The number of aromatic amines is 1. The summed E-state index contributed by atoms with van der Waals surface area (Å²) in [7, 11) is -3.17. The average Bonchev–Trinajstić information content (AvgIpc) is 2.37. The maximum Gasteiger partial charge on any atom is 0.199 e. The van der Waals surface area contributed by atoms with Gasteiger partial charge in [0.15, 0.2) is 14.9 Å². The molecule has 1 N–H and O–H groups in total. The first-order valence-electron chi connectivity index (χ1n) is 3.26. The third-order valence-electron chi connectivity index (χ3n) is 1.19. The third kappa shape index (κ3) is 1.76. The molecule has 0 bridgehead atoms. The van der Waals surface area contributed by atoms with Crippen molar-refractivity contribution in [3.63, 3.8) is 0 Å². The molecule has 62 valence electrons. The van der Waals surface area contributed by atoms with Gasteiger partial charge in [0.2, 0.25) is 0 Å². The summed E-state index contributed by atoms with van der Waals surface area (Å²) in [6, 6.07) is 0. The lowest BCUT2D eigenvalue weighted by Crippen LogP contribution is -2.05. The molecule has 1 aromatic heterocycles. The maximum atomic E-state index is 11.2. The Morgan fingerprint density at radius 2 is 2.36 bits per heavy atom. The van der Waals surface area contributed by atoms with Gasteiger partial charge in [0.05, 0.1) is 11.9 Å². The first-order chi connectivity index (χ1) is 5.17.